The summed E-state index contributed by atoms with van der Waals surface area (Å²) in [6, 6.07) is 13.5. The Balaban J connectivity index is 1.31. The van der Waals surface area contributed by atoms with Crippen LogP contribution in [0.4, 0.5) is 0 Å². The highest BCUT2D eigenvalue weighted by atomic mass is 32.1. The highest BCUT2D eigenvalue weighted by Crippen LogP contribution is 2.41. The molecule has 5 nitrogen and oxygen atoms in total. The highest BCUT2D eigenvalue weighted by Gasteiger charge is 2.37. The number of rotatable bonds is 7. The molecule has 0 saturated carbocycles. The monoisotopic (exact) mass is 540 g/mol. The first-order chi connectivity index (χ1) is 18.8. The lowest BCUT2D eigenvalue weighted by Gasteiger charge is -2.28. The first kappa shape index (κ1) is 26.3. The molecule has 1 atom stereocenters. The van der Waals surface area contributed by atoms with Crippen LogP contribution in [0.3, 0.4) is 0 Å². The Bertz CT molecular complexity index is 1460. The number of hydrogen-bond donors (Lipinski definition) is 1. The Hall–Kier alpha value is -2.96. The average Bonchev–Trinajstić information content (AvgIpc) is 3.72. The molecule has 4 aromatic rings. The summed E-state index contributed by atoms with van der Waals surface area (Å²) in [6.07, 6.45) is 8.25. The number of amides is 1. The van der Waals surface area contributed by atoms with Gasteiger partial charge in [0.2, 0.25) is 5.91 Å². The molecule has 3 aromatic heterocycles. The second-order valence-electron chi connectivity index (χ2n) is 12.1. The summed E-state index contributed by atoms with van der Waals surface area (Å²) < 4.78 is 0. The van der Waals surface area contributed by atoms with Crippen LogP contribution in [0.25, 0.3) is 21.5 Å². The van der Waals surface area contributed by atoms with Crippen molar-refractivity contribution in [2.45, 2.75) is 64.7 Å². The van der Waals surface area contributed by atoms with E-state index in [0.717, 1.165) is 56.9 Å². The molecule has 2 saturated heterocycles. The van der Waals surface area contributed by atoms with Crippen LogP contribution in [-0.2, 0) is 16.6 Å². The zero-order valence-corrected chi connectivity index (χ0v) is 24.5. The molecule has 2 aliphatic heterocycles. The number of nitrogens with zero attached hydrogens (tertiary/aromatic N) is 3. The van der Waals surface area contributed by atoms with Crippen LogP contribution in [0.1, 0.15) is 66.2 Å². The first-order valence-electron chi connectivity index (χ1n) is 14.4. The normalized spacial score (nSPS) is 18.5. The predicted molar refractivity (Wildman–Crippen MR) is 162 cm³/mol. The van der Waals surface area contributed by atoms with Crippen LogP contribution >= 0.6 is 11.3 Å². The number of hydrogen-bond acceptors (Lipinski definition) is 4. The van der Waals surface area contributed by atoms with Crippen molar-refractivity contribution >= 4 is 27.5 Å². The molecule has 6 heteroatoms. The molecule has 1 aromatic carbocycles. The zero-order valence-electron chi connectivity index (χ0n) is 23.7. The minimum Gasteiger partial charge on any atom is -0.346 e. The zero-order chi connectivity index (χ0) is 27.1. The van der Waals surface area contributed by atoms with Gasteiger partial charge in [0.15, 0.2) is 0 Å². The molecule has 6 rings (SSSR count). The summed E-state index contributed by atoms with van der Waals surface area (Å²) >= 11 is 1.76. The van der Waals surface area contributed by atoms with Crippen LogP contribution in [0.2, 0.25) is 0 Å². The van der Waals surface area contributed by atoms with Gasteiger partial charge in [0, 0.05) is 48.8 Å². The van der Waals surface area contributed by atoms with Crippen molar-refractivity contribution < 1.29 is 4.79 Å². The topological polar surface area (TPSA) is 52.2 Å². The fraction of sp³-hybridized carbons (Fsp3) is 0.455. The van der Waals surface area contributed by atoms with Gasteiger partial charge < -0.3 is 14.8 Å². The number of aromatic nitrogens is 2. The number of fused-ring (bicyclic) bond motifs is 1. The molecule has 39 heavy (non-hydrogen) atoms. The molecule has 0 spiro atoms. The quantitative estimate of drug-likeness (QED) is 0.279. The number of aryl methyl sites for hydroxylation is 2. The standard InChI is InChI=1S/C33H40N4OS/c1-22-17-23(2)19-26(18-22)30-27(10-16-36-15-9-25(21-36)24-7-11-34-12-8-24)28-20-29(39-31(28)35-30)33(3,4)32(38)37-13-5-6-14-37/h7-8,11-12,17-20,25,35H,5-6,9-10,13-16,21H2,1-4H3. The molecule has 2 aliphatic rings. The van der Waals surface area contributed by atoms with Gasteiger partial charge in [-0.3, -0.25) is 9.78 Å². The lowest BCUT2D eigenvalue weighted by atomic mass is 9.89. The van der Waals surface area contributed by atoms with Crippen LogP contribution < -0.4 is 0 Å². The minimum absolute atomic E-state index is 0.263. The second-order valence-corrected chi connectivity index (χ2v) is 13.2. The highest BCUT2D eigenvalue weighted by molar-refractivity contribution is 7.19. The Morgan fingerprint density at radius 2 is 1.77 bits per heavy atom. The summed E-state index contributed by atoms with van der Waals surface area (Å²) in [5.74, 6) is 0.850. The first-order valence-corrected chi connectivity index (χ1v) is 15.3. The molecular formula is C33H40N4OS. The van der Waals surface area contributed by atoms with Crippen LogP contribution in [0.15, 0.2) is 48.8 Å². The van der Waals surface area contributed by atoms with Gasteiger partial charge >= 0.3 is 0 Å². The van der Waals surface area contributed by atoms with E-state index in [9.17, 15) is 4.79 Å². The molecule has 1 amide bonds. The van der Waals surface area contributed by atoms with E-state index in [1.807, 2.05) is 12.4 Å². The molecular weight excluding hydrogens is 500 g/mol. The number of carbonyl (C=O) groups is 1. The van der Waals surface area contributed by atoms with Crippen molar-refractivity contribution in [1.82, 2.24) is 19.8 Å². The number of pyridine rings is 1. The van der Waals surface area contributed by atoms with Gasteiger partial charge in [0.1, 0.15) is 4.83 Å². The number of likely N-dealkylation sites (tertiary alicyclic amines) is 2. The Morgan fingerprint density at radius 1 is 1.05 bits per heavy atom. The SMILES string of the molecule is Cc1cc(C)cc(-c2[nH]c3sc(C(C)(C)C(=O)N4CCCC4)cc3c2CCN2CCC(c3ccncc3)C2)c1. The van der Waals surface area contributed by atoms with E-state index < -0.39 is 5.41 Å². The molecule has 5 heterocycles. The Kier molecular flexibility index (Phi) is 7.11. The number of nitrogens with one attached hydrogen (secondary N) is 1. The molecule has 2 fully saturated rings. The third-order valence-corrected chi connectivity index (χ3v) is 10.2. The molecule has 0 radical (unpaired) electrons. The Labute approximate surface area is 236 Å². The third-order valence-electron chi connectivity index (χ3n) is 8.78. The summed E-state index contributed by atoms with van der Waals surface area (Å²) in [5.41, 5.74) is 7.34. The van der Waals surface area contributed by atoms with Crippen molar-refractivity contribution in [1.29, 1.82) is 0 Å². The maximum Gasteiger partial charge on any atom is 0.233 e. The van der Waals surface area contributed by atoms with Gasteiger partial charge in [-0.2, -0.15) is 0 Å². The van der Waals surface area contributed by atoms with E-state index in [4.69, 9.17) is 0 Å². The number of H-pyrrole nitrogens is 1. The summed E-state index contributed by atoms with van der Waals surface area (Å²) in [5, 5.41) is 1.29. The molecule has 204 valence electrons. The minimum atomic E-state index is -0.515. The van der Waals surface area contributed by atoms with Gasteiger partial charge in [-0.25, -0.2) is 0 Å². The van der Waals surface area contributed by atoms with Crippen LogP contribution in [-0.4, -0.2) is 58.4 Å². The largest absolute Gasteiger partial charge is 0.346 e. The number of benzene rings is 1. The average molecular weight is 541 g/mol. The maximum absolute atomic E-state index is 13.5. The van der Waals surface area contributed by atoms with E-state index in [2.05, 4.69) is 83.9 Å². The molecule has 1 N–H and O–H groups in total. The molecule has 0 aliphatic carbocycles. The van der Waals surface area contributed by atoms with Gasteiger partial charge in [-0.1, -0.05) is 17.2 Å². The van der Waals surface area contributed by atoms with Gasteiger partial charge in [0.25, 0.3) is 0 Å². The number of aromatic amines is 1. The fourth-order valence-electron chi connectivity index (χ4n) is 6.60. The maximum atomic E-state index is 13.5. The van der Waals surface area contributed by atoms with Gasteiger partial charge in [-0.15, -0.1) is 11.3 Å². The lowest BCUT2D eigenvalue weighted by molar-refractivity contribution is -0.135. The summed E-state index contributed by atoms with van der Waals surface area (Å²) in [4.78, 5) is 28.5. The van der Waals surface area contributed by atoms with E-state index >= 15 is 0 Å². The van der Waals surface area contributed by atoms with Crippen LogP contribution in [0.5, 0.6) is 0 Å². The molecule has 0 bridgehead atoms. The van der Waals surface area contributed by atoms with Gasteiger partial charge in [-0.05, 0) is 113 Å². The Morgan fingerprint density at radius 3 is 2.49 bits per heavy atom. The van der Waals surface area contributed by atoms with E-state index in [1.54, 1.807) is 11.3 Å². The van der Waals surface area contributed by atoms with E-state index in [1.165, 1.54) is 50.1 Å². The fourth-order valence-corrected chi connectivity index (χ4v) is 7.78. The van der Waals surface area contributed by atoms with E-state index in [-0.39, 0.29) is 5.91 Å². The third kappa shape index (κ3) is 5.17. The molecule has 1 unspecified atom stereocenters. The number of carbonyl (C=O) groups excluding carboxylic acids is 1. The lowest BCUT2D eigenvalue weighted by Crippen LogP contribution is -2.41. The van der Waals surface area contributed by atoms with Crippen molar-refractivity contribution in [2.75, 3.05) is 32.7 Å². The predicted octanol–water partition coefficient (Wildman–Crippen LogP) is 6.84. The second kappa shape index (κ2) is 10.5. The smallest absolute Gasteiger partial charge is 0.233 e. The van der Waals surface area contributed by atoms with Crippen molar-refractivity contribution in [3.8, 4) is 11.3 Å². The van der Waals surface area contributed by atoms with Gasteiger partial charge in [0.05, 0.1) is 11.1 Å². The summed E-state index contributed by atoms with van der Waals surface area (Å²) in [7, 11) is 0. The van der Waals surface area contributed by atoms with Crippen LogP contribution in [0, 0.1) is 13.8 Å². The summed E-state index contributed by atoms with van der Waals surface area (Å²) in [6.45, 7) is 13.6. The van der Waals surface area contributed by atoms with E-state index in [0.29, 0.717) is 5.92 Å². The number of thiophene rings is 1. The van der Waals surface area contributed by atoms with Crippen molar-refractivity contribution in [2.24, 2.45) is 0 Å². The van der Waals surface area contributed by atoms with Crippen molar-refractivity contribution in [3.05, 3.63) is 75.9 Å². The van der Waals surface area contributed by atoms with Crippen molar-refractivity contribution in [3.63, 3.8) is 0 Å².